The highest BCUT2D eigenvalue weighted by Gasteiger charge is 2.34. The Labute approximate surface area is 161 Å². The van der Waals surface area contributed by atoms with Crippen LogP contribution in [0.3, 0.4) is 0 Å². The topological polar surface area (TPSA) is 53.6 Å². The number of hydrogen-bond acceptors (Lipinski definition) is 3. The lowest BCUT2D eigenvalue weighted by Gasteiger charge is -2.34. The first-order valence-electron chi connectivity index (χ1n) is 8.99. The standard InChI is InChI=1S/C20H22F3N3O2/c1-28-16-10-8-14(9-11-16)24-15-5-4-12-26(13-15)19(27)25-18-7-3-2-6-17(18)20(21,22)23/h2-3,6-11,15,24H,4-5,12-13H2,1H3,(H,25,27)/t15-/m1/s1. The molecular weight excluding hydrogens is 371 g/mol. The third-order valence-corrected chi connectivity index (χ3v) is 4.64. The Morgan fingerprint density at radius 2 is 1.86 bits per heavy atom. The molecule has 0 aromatic heterocycles. The number of urea groups is 1. The molecule has 1 heterocycles. The van der Waals surface area contributed by atoms with E-state index in [0.29, 0.717) is 13.1 Å². The van der Waals surface area contributed by atoms with E-state index in [1.54, 1.807) is 7.11 Å². The van der Waals surface area contributed by atoms with E-state index in [0.717, 1.165) is 30.3 Å². The van der Waals surface area contributed by atoms with Gasteiger partial charge in [0.15, 0.2) is 0 Å². The summed E-state index contributed by atoms with van der Waals surface area (Å²) >= 11 is 0. The van der Waals surface area contributed by atoms with E-state index in [-0.39, 0.29) is 11.7 Å². The molecule has 2 aromatic carbocycles. The molecule has 1 saturated heterocycles. The van der Waals surface area contributed by atoms with Crippen LogP contribution in [-0.2, 0) is 6.18 Å². The van der Waals surface area contributed by atoms with Gasteiger partial charge in [0.2, 0.25) is 0 Å². The second-order valence-electron chi connectivity index (χ2n) is 6.63. The van der Waals surface area contributed by atoms with Crippen LogP contribution in [0.2, 0.25) is 0 Å². The van der Waals surface area contributed by atoms with Gasteiger partial charge in [-0.1, -0.05) is 12.1 Å². The Balaban J connectivity index is 1.63. The number of nitrogens with one attached hydrogen (secondary N) is 2. The molecule has 0 aliphatic carbocycles. The number of piperidine rings is 1. The van der Waals surface area contributed by atoms with Crippen molar-refractivity contribution in [3.63, 3.8) is 0 Å². The van der Waals surface area contributed by atoms with Crippen molar-refractivity contribution in [2.75, 3.05) is 30.8 Å². The van der Waals surface area contributed by atoms with Gasteiger partial charge in [0, 0.05) is 24.8 Å². The highest BCUT2D eigenvalue weighted by molar-refractivity contribution is 5.90. The van der Waals surface area contributed by atoms with E-state index >= 15 is 0 Å². The van der Waals surface area contributed by atoms with E-state index in [4.69, 9.17) is 4.74 Å². The minimum atomic E-state index is -4.52. The van der Waals surface area contributed by atoms with Gasteiger partial charge >= 0.3 is 12.2 Å². The minimum absolute atomic E-state index is 0.0192. The summed E-state index contributed by atoms with van der Waals surface area (Å²) in [6.07, 6.45) is -2.89. The van der Waals surface area contributed by atoms with Gasteiger partial charge in [0.05, 0.1) is 18.4 Å². The number of para-hydroxylation sites is 1. The first-order chi connectivity index (χ1) is 13.4. The van der Waals surface area contributed by atoms with Gasteiger partial charge in [0.1, 0.15) is 5.75 Å². The van der Waals surface area contributed by atoms with Crippen molar-refractivity contribution >= 4 is 17.4 Å². The number of anilines is 2. The molecule has 2 amide bonds. The molecule has 1 aliphatic rings. The lowest BCUT2D eigenvalue weighted by atomic mass is 10.1. The average molecular weight is 393 g/mol. The van der Waals surface area contributed by atoms with Crippen molar-refractivity contribution in [1.82, 2.24) is 4.90 Å². The summed E-state index contributed by atoms with van der Waals surface area (Å²) in [4.78, 5) is 14.1. The molecule has 0 saturated carbocycles. The van der Waals surface area contributed by atoms with Gasteiger partial charge in [-0.25, -0.2) is 4.79 Å². The molecule has 3 rings (SSSR count). The molecule has 2 aromatic rings. The SMILES string of the molecule is COc1ccc(N[C@@H]2CCCN(C(=O)Nc3ccccc3C(F)(F)F)C2)cc1. The third kappa shape index (κ3) is 4.88. The first-order valence-corrected chi connectivity index (χ1v) is 8.99. The molecule has 150 valence electrons. The van der Waals surface area contributed by atoms with Gasteiger partial charge in [-0.3, -0.25) is 0 Å². The maximum Gasteiger partial charge on any atom is 0.418 e. The highest BCUT2D eigenvalue weighted by atomic mass is 19.4. The number of carbonyl (C=O) groups is 1. The second-order valence-corrected chi connectivity index (χ2v) is 6.63. The van der Waals surface area contributed by atoms with Gasteiger partial charge in [-0.15, -0.1) is 0 Å². The number of nitrogens with zero attached hydrogens (tertiary/aromatic N) is 1. The fourth-order valence-corrected chi connectivity index (χ4v) is 3.24. The normalized spacial score (nSPS) is 17.1. The van der Waals surface area contributed by atoms with Gasteiger partial charge in [0.25, 0.3) is 0 Å². The van der Waals surface area contributed by atoms with Crippen LogP contribution in [0.25, 0.3) is 0 Å². The van der Waals surface area contributed by atoms with Crippen molar-refractivity contribution in [3.05, 3.63) is 54.1 Å². The molecule has 1 atom stereocenters. The number of halogens is 3. The Morgan fingerprint density at radius 1 is 1.14 bits per heavy atom. The van der Waals surface area contributed by atoms with Crippen molar-refractivity contribution in [1.29, 1.82) is 0 Å². The lowest BCUT2D eigenvalue weighted by Crippen LogP contribution is -2.47. The predicted molar refractivity (Wildman–Crippen MR) is 102 cm³/mol. The monoisotopic (exact) mass is 393 g/mol. The fraction of sp³-hybridized carbons (Fsp3) is 0.350. The zero-order valence-electron chi connectivity index (χ0n) is 15.4. The summed E-state index contributed by atoms with van der Waals surface area (Å²) in [6.45, 7) is 0.910. The summed E-state index contributed by atoms with van der Waals surface area (Å²) in [5.41, 5.74) is -0.186. The molecule has 1 aliphatic heterocycles. The summed E-state index contributed by atoms with van der Waals surface area (Å²) in [6, 6.07) is 11.9. The van der Waals surface area contributed by atoms with Crippen LogP contribution in [0.1, 0.15) is 18.4 Å². The second kappa shape index (κ2) is 8.41. The van der Waals surface area contributed by atoms with Crippen LogP contribution in [0, 0.1) is 0 Å². The summed E-state index contributed by atoms with van der Waals surface area (Å²) in [5.74, 6) is 0.749. The van der Waals surface area contributed by atoms with E-state index in [1.165, 1.54) is 23.1 Å². The van der Waals surface area contributed by atoms with Crippen LogP contribution in [0.15, 0.2) is 48.5 Å². The number of amides is 2. The Hall–Kier alpha value is -2.90. The van der Waals surface area contributed by atoms with E-state index < -0.39 is 17.8 Å². The summed E-state index contributed by atoms with van der Waals surface area (Å²) in [7, 11) is 1.59. The van der Waals surface area contributed by atoms with E-state index in [1.807, 2.05) is 24.3 Å². The predicted octanol–water partition coefficient (Wildman–Crippen LogP) is 4.82. The Morgan fingerprint density at radius 3 is 2.54 bits per heavy atom. The van der Waals surface area contributed by atoms with Crippen molar-refractivity contribution < 1.29 is 22.7 Å². The van der Waals surface area contributed by atoms with Crippen molar-refractivity contribution in [2.24, 2.45) is 0 Å². The van der Waals surface area contributed by atoms with Crippen LogP contribution in [0.5, 0.6) is 5.75 Å². The molecule has 0 unspecified atom stereocenters. The van der Waals surface area contributed by atoms with Crippen molar-refractivity contribution in [2.45, 2.75) is 25.1 Å². The maximum absolute atomic E-state index is 13.1. The van der Waals surface area contributed by atoms with Crippen LogP contribution < -0.4 is 15.4 Å². The molecule has 5 nitrogen and oxygen atoms in total. The smallest absolute Gasteiger partial charge is 0.418 e. The van der Waals surface area contributed by atoms with E-state index in [9.17, 15) is 18.0 Å². The van der Waals surface area contributed by atoms with Crippen molar-refractivity contribution in [3.8, 4) is 5.75 Å². The number of likely N-dealkylation sites (tertiary alicyclic amines) is 1. The average Bonchev–Trinajstić information content (AvgIpc) is 2.68. The maximum atomic E-state index is 13.1. The molecule has 2 N–H and O–H groups in total. The van der Waals surface area contributed by atoms with Gasteiger partial charge < -0.3 is 20.3 Å². The van der Waals surface area contributed by atoms with Crippen LogP contribution >= 0.6 is 0 Å². The molecule has 0 radical (unpaired) electrons. The zero-order valence-corrected chi connectivity index (χ0v) is 15.4. The van der Waals surface area contributed by atoms with Gasteiger partial charge in [-0.2, -0.15) is 13.2 Å². The zero-order chi connectivity index (χ0) is 20.1. The largest absolute Gasteiger partial charge is 0.497 e. The first kappa shape index (κ1) is 19.9. The molecule has 0 bridgehead atoms. The van der Waals surface area contributed by atoms with E-state index in [2.05, 4.69) is 10.6 Å². The Bertz CT molecular complexity index is 809. The van der Waals surface area contributed by atoms with Crippen LogP contribution in [0.4, 0.5) is 29.3 Å². The fourth-order valence-electron chi connectivity index (χ4n) is 3.24. The third-order valence-electron chi connectivity index (χ3n) is 4.64. The number of rotatable bonds is 4. The lowest BCUT2D eigenvalue weighted by molar-refractivity contribution is -0.136. The number of benzene rings is 2. The molecule has 28 heavy (non-hydrogen) atoms. The number of ether oxygens (including phenoxy) is 1. The molecule has 1 fully saturated rings. The Kier molecular flexibility index (Phi) is 5.96. The quantitative estimate of drug-likeness (QED) is 0.783. The molecule has 8 heteroatoms. The number of carbonyl (C=O) groups excluding carboxylic acids is 1. The highest BCUT2D eigenvalue weighted by Crippen LogP contribution is 2.34. The number of alkyl halides is 3. The molecule has 0 spiro atoms. The minimum Gasteiger partial charge on any atom is -0.497 e. The summed E-state index contributed by atoms with van der Waals surface area (Å²) < 4.78 is 44.5. The number of methoxy groups -OCH3 is 1. The van der Waals surface area contributed by atoms with Gasteiger partial charge in [-0.05, 0) is 49.2 Å². The van der Waals surface area contributed by atoms with Crippen LogP contribution in [-0.4, -0.2) is 37.2 Å². The summed E-state index contributed by atoms with van der Waals surface area (Å²) in [5, 5.41) is 5.77. The number of hydrogen-bond donors (Lipinski definition) is 2. The molecular formula is C20H22F3N3O2.